The van der Waals surface area contributed by atoms with Crippen LogP contribution >= 0.6 is 0 Å². The highest BCUT2D eigenvalue weighted by Crippen LogP contribution is 2.37. The van der Waals surface area contributed by atoms with E-state index in [9.17, 15) is 23.2 Å². The summed E-state index contributed by atoms with van der Waals surface area (Å²) >= 11 is 0. The third-order valence-electron chi connectivity index (χ3n) is 6.98. The van der Waals surface area contributed by atoms with E-state index in [1.807, 2.05) is 0 Å². The molecule has 43 heavy (non-hydrogen) atoms. The summed E-state index contributed by atoms with van der Waals surface area (Å²) in [7, 11) is 0. The van der Waals surface area contributed by atoms with Gasteiger partial charge < -0.3 is 38.9 Å². The fraction of sp³-hybridized carbons (Fsp3) is 0.586. The lowest BCUT2D eigenvalue weighted by molar-refractivity contribution is -0.162. The predicted octanol–water partition coefficient (Wildman–Crippen LogP) is 4.58. The SMILES string of the molecule is C[C@H](N)c1oc(-c2ccc(OC(F)F)c(OCC3CC3)c2)nc1C(=O)N1CCN(C(=O)OCOC(=O)C(C)(C)C)[C@H](C)C1. The van der Waals surface area contributed by atoms with Crippen molar-refractivity contribution in [3.63, 3.8) is 0 Å². The predicted molar refractivity (Wildman–Crippen MR) is 148 cm³/mol. The highest BCUT2D eigenvalue weighted by Gasteiger charge is 2.35. The van der Waals surface area contributed by atoms with E-state index in [1.54, 1.807) is 34.6 Å². The molecule has 1 saturated heterocycles. The zero-order valence-corrected chi connectivity index (χ0v) is 24.9. The van der Waals surface area contributed by atoms with Crippen molar-refractivity contribution in [2.24, 2.45) is 17.1 Å². The summed E-state index contributed by atoms with van der Waals surface area (Å²) in [5.41, 5.74) is 5.78. The van der Waals surface area contributed by atoms with Crippen LogP contribution in [0.3, 0.4) is 0 Å². The van der Waals surface area contributed by atoms with Gasteiger partial charge in [0.2, 0.25) is 12.7 Å². The fourth-order valence-electron chi connectivity index (χ4n) is 4.35. The number of hydrogen-bond acceptors (Lipinski definition) is 10. The Balaban J connectivity index is 1.45. The first kappa shape index (κ1) is 32.0. The van der Waals surface area contributed by atoms with E-state index in [0.717, 1.165) is 12.8 Å². The largest absolute Gasteiger partial charge is 0.489 e. The Kier molecular flexibility index (Phi) is 9.78. The first-order valence-corrected chi connectivity index (χ1v) is 14.1. The summed E-state index contributed by atoms with van der Waals surface area (Å²) in [5.74, 6) is -0.353. The average molecular weight is 609 g/mol. The van der Waals surface area contributed by atoms with Crippen molar-refractivity contribution in [2.75, 3.05) is 33.0 Å². The van der Waals surface area contributed by atoms with E-state index >= 15 is 0 Å². The summed E-state index contributed by atoms with van der Waals surface area (Å²) in [4.78, 5) is 45.5. The molecule has 0 spiro atoms. The van der Waals surface area contributed by atoms with Crippen molar-refractivity contribution in [2.45, 2.75) is 66.2 Å². The molecule has 2 fully saturated rings. The Bertz CT molecular complexity index is 1320. The number of amides is 2. The number of aromatic nitrogens is 1. The summed E-state index contributed by atoms with van der Waals surface area (Å²) < 4.78 is 52.3. The van der Waals surface area contributed by atoms with Crippen LogP contribution in [-0.2, 0) is 14.3 Å². The lowest BCUT2D eigenvalue weighted by Crippen LogP contribution is -2.55. The van der Waals surface area contributed by atoms with Crippen molar-refractivity contribution in [3.8, 4) is 23.0 Å². The number of halogens is 2. The quantitative estimate of drug-likeness (QED) is 0.300. The maximum atomic E-state index is 13.6. The van der Waals surface area contributed by atoms with E-state index in [4.69, 9.17) is 24.4 Å². The molecule has 2 aliphatic rings. The lowest BCUT2D eigenvalue weighted by Gasteiger charge is -2.38. The van der Waals surface area contributed by atoms with Gasteiger partial charge in [-0.1, -0.05) is 0 Å². The molecule has 4 rings (SSSR count). The van der Waals surface area contributed by atoms with Gasteiger partial charge in [-0.2, -0.15) is 8.78 Å². The molecule has 12 nitrogen and oxygen atoms in total. The van der Waals surface area contributed by atoms with Crippen molar-refractivity contribution >= 4 is 18.0 Å². The Morgan fingerprint density at radius 3 is 2.47 bits per heavy atom. The van der Waals surface area contributed by atoms with Gasteiger partial charge in [-0.05, 0) is 71.6 Å². The molecule has 236 valence electrons. The van der Waals surface area contributed by atoms with E-state index in [1.165, 1.54) is 28.0 Å². The number of rotatable bonds is 10. The van der Waals surface area contributed by atoms with Crippen LogP contribution in [0.25, 0.3) is 11.5 Å². The molecular weight excluding hydrogens is 570 g/mol. The number of hydrogen-bond donors (Lipinski definition) is 1. The second-order valence-corrected chi connectivity index (χ2v) is 11.8. The Labute approximate surface area is 248 Å². The highest BCUT2D eigenvalue weighted by molar-refractivity contribution is 5.94. The topological polar surface area (TPSA) is 147 Å². The number of nitrogens with two attached hydrogens (primary N) is 1. The Morgan fingerprint density at radius 2 is 1.86 bits per heavy atom. The molecule has 0 bridgehead atoms. The molecule has 2 amide bonds. The number of carbonyl (C=O) groups is 3. The van der Waals surface area contributed by atoms with Crippen molar-refractivity contribution < 1.29 is 46.5 Å². The number of carbonyl (C=O) groups excluding carboxylic acids is 3. The summed E-state index contributed by atoms with van der Waals surface area (Å²) in [5, 5.41) is 0. The average Bonchev–Trinajstić information content (AvgIpc) is 3.66. The zero-order valence-electron chi connectivity index (χ0n) is 24.9. The molecule has 2 N–H and O–H groups in total. The molecule has 14 heteroatoms. The van der Waals surface area contributed by atoms with E-state index < -0.39 is 48.9 Å². The minimum atomic E-state index is -3.03. The lowest BCUT2D eigenvalue weighted by atomic mass is 9.98. The molecule has 0 unspecified atom stereocenters. The van der Waals surface area contributed by atoms with Crippen molar-refractivity contribution in [1.82, 2.24) is 14.8 Å². The number of ether oxygens (including phenoxy) is 4. The van der Waals surface area contributed by atoms with Crippen LogP contribution in [0.4, 0.5) is 13.6 Å². The smallest absolute Gasteiger partial charge is 0.413 e. The first-order chi connectivity index (χ1) is 20.2. The molecule has 1 saturated carbocycles. The number of benzene rings is 1. The van der Waals surface area contributed by atoms with Gasteiger partial charge in [0.25, 0.3) is 5.91 Å². The molecular formula is C29H38F2N4O8. The van der Waals surface area contributed by atoms with E-state index in [2.05, 4.69) is 9.72 Å². The molecule has 2 heterocycles. The van der Waals surface area contributed by atoms with Gasteiger partial charge in [-0.3, -0.25) is 9.59 Å². The Morgan fingerprint density at radius 1 is 1.14 bits per heavy atom. The third kappa shape index (κ3) is 8.12. The van der Waals surface area contributed by atoms with Gasteiger partial charge >= 0.3 is 18.7 Å². The molecule has 2 aromatic rings. The molecule has 2 atom stereocenters. The monoisotopic (exact) mass is 608 g/mol. The molecule has 1 aromatic heterocycles. The normalized spacial score (nSPS) is 17.9. The van der Waals surface area contributed by atoms with Crippen LogP contribution in [-0.4, -0.2) is 78.4 Å². The highest BCUT2D eigenvalue weighted by atomic mass is 19.3. The van der Waals surface area contributed by atoms with Crippen LogP contribution in [0.2, 0.25) is 0 Å². The molecule has 0 radical (unpaired) electrons. The number of nitrogens with zero attached hydrogens (tertiary/aromatic N) is 3. The molecule has 1 aromatic carbocycles. The van der Waals surface area contributed by atoms with Crippen LogP contribution in [0.15, 0.2) is 22.6 Å². The summed E-state index contributed by atoms with van der Waals surface area (Å²) in [6.07, 6.45) is 1.35. The van der Waals surface area contributed by atoms with Crippen LogP contribution in [0.1, 0.15) is 69.8 Å². The van der Waals surface area contributed by atoms with Crippen molar-refractivity contribution in [1.29, 1.82) is 0 Å². The molecule has 1 aliphatic heterocycles. The summed E-state index contributed by atoms with van der Waals surface area (Å²) in [6.45, 7) is 5.82. The second kappa shape index (κ2) is 13.1. The van der Waals surface area contributed by atoms with Gasteiger partial charge in [0.1, 0.15) is 0 Å². The summed E-state index contributed by atoms with van der Waals surface area (Å²) in [6, 6.07) is 3.21. The van der Waals surface area contributed by atoms with Gasteiger partial charge in [-0.25, -0.2) is 9.78 Å². The molecule has 1 aliphatic carbocycles. The number of esters is 1. The minimum absolute atomic E-state index is 0.00988. The number of oxazole rings is 1. The van der Waals surface area contributed by atoms with Gasteiger partial charge in [-0.15, -0.1) is 0 Å². The van der Waals surface area contributed by atoms with Crippen molar-refractivity contribution in [3.05, 3.63) is 29.7 Å². The van der Waals surface area contributed by atoms with Crippen LogP contribution < -0.4 is 15.2 Å². The van der Waals surface area contributed by atoms with E-state index in [-0.39, 0.29) is 48.5 Å². The fourth-order valence-corrected chi connectivity index (χ4v) is 4.35. The van der Waals surface area contributed by atoms with Gasteiger partial charge in [0.05, 0.1) is 18.1 Å². The van der Waals surface area contributed by atoms with Crippen LogP contribution in [0, 0.1) is 11.3 Å². The van der Waals surface area contributed by atoms with E-state index in [0.29, 0.717) is 18.1 Å². The van der Waals surface area contributed by atoms with Gasteiger partial charge in [0.15, 0.2) is 23.0 Å². The Hall–Kier alpha value is -3.94. The first-order valence-electron chi connectivity index (χ1n) is 14.1. The second-order valence-electron chi connectivity index (χ2n) is 11.8. The minimum Gasteiger partial charge on any atom is -0.489 e. The zero-order chi connectivity index (χ0) is 31.5. The third-order valence-corrected chi connectivity index (χ3v) is 6.98. The van der Waals surface area contributed by atoms with Crippen LogP contribution in [0.5, 0.6) is 11.5 Å². The number of piperazine rings is 1. The maximum Gasteiger partial charge on any atom is 0.413 e. The standard InChI is InChI=1S/C29H38F2N4O8/c1-16-13-34(10-11-35(16)28(38)41-15-40-26(37)29(3,4)5)25(36)22-23(17(2)32)43-24(33-22)19-8-9-20(42-27(30)31)21(12-19)39-14-18-6-7-18/h8-9,12,16-18,27H,6-7,10-11,13-15,32H2,1-5H3/t16-,17+/m1/s1. The maximum absolute atomic E-state index is 13.6. The van der Waals surface area contributed by atoms with Gasteiger partial charge in [0, 0.05) is 31.2 Å². The number of alkyl halides is 2.